The van der Waals surface area contributed by atoms with Crippen LogP contribution >= 0.6 is 0 Å². The van der Waals surface area contributed by atoms with E-state index in [-0.39, 0.29) is 6.54 Å². The number of nitrogen functional groups attached to an aromatic ring is 1. The SMILES string of the molecule is Cc1ccc(NC(=O)CN(CCO)CC(F)(F)F)cc1N. The predicted octanol–water partition coefficient (Wildman–Crippen LogP) is 1.37. The first-order valence-electron chi connectivity index (χ1n) is 6.27. The fourth-order valence-corrected chi connectivity index (χ4v) is 1.73. The number of alkyl halides is 3. The fraction of sp³-hybridized carbons (Fsp3) is 0.462. The Morgan fingerprint density at radius 2 is 2.10 bits per heavy atom. The lowest BCUT2D eigenvalue weighted by atomic mass is 10.2. The Kier molecular flexibility index (Phi) is 5.98. The van der Waals surface area contributed by atoms with E-state index in [9.17, 15) is 18.0 Å². The van der Waals surface area contributed by atoms with Crippen LogP contribution in [0, 0.1) is 6.92 Å². The molecule has 118 valence electrons. The van der Waals surface area contributed by atoms with Crippen LogP contribution in [0.25, 0.3) is 0 Å². The molecule has 1 aromatic carbocycles. The molecular formula is C13H18F3N3O2. The Morgan fingerprint density at radius 3 is 2.62 bits per heavy atom. The topological polar surface area (TPSA) is 78.6 Å². The standard InChI is InChI=1S/C13H18F3N3O2/c1-9-2-3-10(6-11(9)17)18-12(21)7-19(4-5-20)8-13(14,15)16/h2-3,6,20H,4-5,7-8,17H2,1H3,(H,18,21). The van der Waals surface area contributed by atoms with Crippen LogP contribution in [0.2, 0.25) is 0 Å². The van der Waals surface area contributed by atoms with Gasteiger partial charge in [0.05, 0.1) is 19.7 Å². The van der Waals surface area contributed by atoms with E-state index in [0.29, 0.717) is 11.4 Å². The number of amides is 1. The van der Waals surface area contributed by atoms with Crippen molar-refractivity contribution in [2.24, 2.45) is 0 Å². The lowest BCUT2D eigenvalue weighted by molar-refractivity contribution is -0.148. The summed E-state index contributed by atoms with van der Waals surface area (Å²) in [5.41, 5.74) is 7.42. The number of benzene rings is 1. The molecule has 0 atom stereocenters. The van der Waals surface area contributed by atoms with Gasteiger partial charge in [-0.2, -0.15) is 13.2 Å². The second kappa shape index (κ2) is 7.28. The van der Waals surface area contributed by atoms with Gasteiger partial charge < -0.3 is 16.2 Å². The highest BCUT2D eigenvalue weighted by Gasteiger charge is 2.31. The van der Waals surface area contributed by atoms with E-state index in [1.54, 1.807) is 19.1 Å². The van der Waals surface area contributed by atoms with Crippen molar-refractivity contribution in [2.75, 3.05) is 37.3 Å². The third-order valence-electron chi connectivity index (χ3n) is 2.75. The molecule has 0 aliphatic carbocycles. The average Bonchev–Trinajstić information content (AvgIpc) is 2.32. The predicted molar refractivity (Wildman–Crippen MR) is 73.8 cm³/mol. The Hall–Kier alpha value is -1.80. The van der Waals surface area contributed by atoms with E-state index in [1.807, 2.05) is 0 Å². The third kappa shape index (κ3) is 6.46. The zero-order chi connectivity index (χ0) is 16.0. The highest BCUT2D eigenvalue weighted by molar-refractivity contribution is 5.92. The lowest BCUT2D eigenvalue weighted by Crippen LogP contribution is -2.41. The van der Waals surface area contributed by atoms with E-state index in [1.165, 1.54) is 6.07 Å². The largest absolute Gasteiger partial charge is 0.401 e. The Balaban J connectivity index is 2.62. The highest BCUT2D eigenvalue weighted by Crippen LogP contribution is 2.18. The minimum absolute atomic E-state index is 0.233. The number of anilines is 2. The molecule has 5 nitrogen and oxygen atoms in total. The monoisotopic (exact) mass is 305 g/mol. The average molecular weight is 305 g/mol. The van der Waals surface area contributed by atoms with Gasteiger partial charge in [0.2, 0.25) is 5.91 Å². The van der Waals surface area contributed by atoms with Gasteiger partial charge in [-0.1, -0.05) is 6.07 Å². The second-order valence-corrected chi connectivity index (χ2v) is 4.67. The number of nitrogens with zero attached hydrogens (tertiary/aromatic N) is 1. The number of carbonyl (C=O) groups excluding carboxylic acids is 1. The van der Waals surface area contributed by atoms with Crippen molar-refractivity contribution < 1.29 is 23.1 Å². The van der Waals surface area contributed by atoms with Crippen LogP contribution < -0.4 is 11.1 Å². The van der Waals surface area contributed by atoms with Crippen molar-refractivity contribution in [1.29, 1.82) is 0 Å². The zero-order valence-corrected chi connectivity index (χ0v) is 11.6. The maximum atomic E-state index is 12.3. The summed E-state index contributed by atoms with van der Waals surface area (Å²) in [6, 6.07) is 4.85. The maximum absolute atomic E-state index is 12.3. The Labute approximate surface area is 120 Å². The molecule has 0 saturated heterocycles. The molecule has 0 aliphatic rings. The summed E-state index contributed by atoms with van der Waals surface area (Å²) in [5, 5.41) is 11.2. The van der Waals surface area contributed by atoms with Gasteiger partial charge in [-0.3, -0.25) is 9.69 Å². The molecule has 8 heteroatoms. The molecular weight excluding hydrogens is 287 g/mol. The molecule has 1 aromatic rings. The third-order valence-corrected chi connectivity index (χ3v) is 2.75. The maximum Gasteiger partial charge on any atom is 0.401 e. The van der Waals surface area contributed by atoms with Crippen LogP contribution in [0.4, 0.5) is 24.5 Å². The summed E-state index contributed by atoms with van der Waals surface area (Å²) in [6.45, 7) is -0.609. The minimum Gasteiger partial charge on any atom is -0.398 e. The van der Waals surface area contributed by atoms with Crippen molar-refractivity contribution in [3.05, 3.63) is 23.8 Å². The number of hydrogen-bond donors (Lipinski definition) is 3. The summed E-state index contributed by atoms with van der Waals surface area (Å²) >= 11 is 0. The first-order chi connectivity index (χ1) is 9.71. The summed E-state index contributed by atoms with van der Waals surface area (Å²) in [6.07, 6.45) is -4.43. The van der Waals surface area contributed by atoms with Gasteiger partial charge in [0.25, 0.3) is 0 Å². The van der Waals surface area contributed by atoms with Crippen LogP contribution in [0.15, 0.2) is 18.2 Å². The second-order valence-electron chi connectivity index (χ2n) is 4.67. The first kappa shape index (κ1) is 17.3. The minimum atomic E-state index is -4.43. The molecule has 0 aliphatic heterocycles. The van der Waals surface area contributed by atoms with Gasteiger partial charge in [-0.15, -0.1) is 0 Å². The molecule has 0 unspecified atom stereocenters. The molecule has 0 aromatic heterocycles. The quantitative estimate of drug-likeness (QED) is 0.694. The van der Waals surface area contributed by atoms with Gasteiger partial charge in [0.15, 0.2) is 0 Å². The summed E-state index contributed by atoms with van der Waals surface area (Å²) in [5.74, 6) is -0.601. The van der Waals surface area contributed by atoms with Gasteiger partial charge in [0.1, 0.15) is 0 Å². The normalized spacial score (nSPS) is 11.7. The van der Waals surface area contributed by atoms with Crippen LogP contribution in [0.5, 0.6) is 0 Å². The van der Waals surface area contributed by atoms with E-state index in [4.69, 9.17) is 10.8 Å². The molecule has 21 heavy (non-hydrogen) atoms. The van der Waals surface area contributed by atoms with Crippen LogP contribution in [0.3, 0.4) is 0 Å². The van der Waals surface area contributed by atoms with E-state index in [0.717, 1.165) is 10.5 Å². The zero-order valence-electron chi connectivity index (χ0n) is 11.6. The van der Waals surface area contributed by atoms with Crippen molar-refractivity contribution in [1.82, 2.24) is 4.90 Å². The number of carbonyl (C=O) groups is 1. The smallest absolute Gasteiger partial charge is 0.398 e. The van der Waals surface area contributed by atoms with Crippen molar-refractivity contribution in [2.45, 2.75) is 13.1 Å². The summed E-state index contributed by atoms with van der Waals surface area (Å²) < 4.78 is 37.0. The number of rotatable bonds is 6. The molecule has 1 rings (SSSR count). The van der Waals surface area contributed by atoms with Crippen molar-refractivity contribution in [3.8, 4) is 0 Å². The molecule has 0 radical (unpaired) electrons. The molecule has 0 heterocycles. The first-order valence-corrected chi connectivity index (χ1v) is 6.27. The molecule has 0 saturated carbocycles. The lowest BCUT2D eigenvalue weighted by Gasteiger charge is -2.22. The van der Waals surface area contributed by atoms with Crippen LogP contribution in [-0.2, 0) is 4.79 Å². The number of aliphatic hydroxyl groups is 1. The summed E-state index contributed by atoms with van der Waals surface area (Å²) in [4.78, 5) is 12.6. The number of hydrogen-bond acceptors (Lipinski definition) is 4. The number of halogens is 3. The van der Waals surface area contributed by atoms with E-state index < -0.39 is 31.8 Å². The van der Waals surface area contributed by atoms with Crippen LogP contribution in [-0.4, -0.2) is 48.3 Å². The molecule has 1 amide bonds. The van der Waals surface area contributed by atoms with Gasteiger partial charge >= 0.3 is 6.18 Å². The highest BCUT2D eigenvalue weighted by atomic mass is 19.4. The van der Waals surface area contributed by atoms with E-state index >= 15 is 0 Å². The number of aliphatic hydroxyl groups excluding tert-OH is 1. The molecule has 4 N–H and O–H groups in total. The number of nitrogens with two attached hydrogens (primary N) is 1. The summed E-state index contributed by atoms with van der Waals surface area (Å²) in [7, 11) is 0. The molecule has 0 spiro atoms. The van der Waals surface area contributed by atoms with Gasteiger partial charge in [-0.25, -0.2) is 0 Å². The molecule has 0 bridgehead atoms. The van der Waals surface area contributed by atoms with E-state index in [2.05, 4.69) is 5.32 Å². The number of nitrogens with one attached hydrogen (secondary N) is 1. The van der Waals surface area contributed by atoms with Gasteiger partial charge in [-0.05, 0) is 24.6 Å². The Bertz CT molecular complexity index is 492. The van der Waals surface area contributed by atoms with Crippen molar-refractivity contribution in [3.63, 3.8) is 0 Å². The van der Waals surface area contributed by atoms with Crippen LogP contribution in [0.1, 0.15) is 5.56 Å². The van der Waals surface area contributed by atoms with Gasteiger partial charge in [0, 0.05) is 17.9 Å². The number of aryl methyl sites for hydroxylation is 1. The van der Waals surface area contributed by atoms with Crippen molar-refractivity contribution >= 4 is 17.3 Å². The molecule has 0 fully saturated rings. The Morgan fingerprint density at radius 1 is 1.43 bits per heavy atom. The fourth-order valence-electron chi connectivity index (χ4n) is 1.73.